The van der Waals surface area contributed by atoms with Gasteiger partial charge in [0.2, 0.25) is 0 Å². The van der Waals surface area contributed by atoms with E-state index in [-0.39, 0.29) is 17.1 Å². The van der Waals surface area contributed by atoms with E-state index in [1.165, 1.54) is 74.8 Å². The monoisotopic (exact) mass is 626 g/mol. The van der Waals surface area contributed by atoms with Gasteiger partial charge in [0.1, 0.15) is 0 Å². The molecular formula is C36H45FeP3-6. The molecule has 218 valence electrons. The van der Waals surface area contributed by atoms with E-state index >= 15 is 0 Å². The Hall–Kier alpha value is -1.05. The summed E-state index contributed by atoms with van der Waals surface area (Å²) in [7, 11) is 1.57. The summed E-state index contributed by atoms with van der Waals surface area (Å²) in [5, 5.41) is 6.49. The van der Waals surface area contributed by atoms with Gasteiger partial charge in [0.05, 0.1) is 0 Å². The van der Waals surface area contributed by atoms with Crippen LogP contribution in [0.4, 0.5) is 0 Å². The molecule has 2 aliphatic rings. The third-order valence-electron chi connectivity index (χ3n) is 8.36. The minimum Gasteiger partial charge on any atom is -0.748 e. The summed E-state index contributed by atoms with van der Waals surface area (Å²) in [4.78, 5) is 0. The van der Waals surface area contributed by atoms with E-state index < -0.39 is 7.92 Å². The van der Waals surface area contributed by atoms with E-state index in [1.54, 1.807) is 16.2 Å². The van der Waals surface area contributed by atoms with Crippen LogP contribution in [0.2, 0.25) is 0 Å². The minimum atomic E-state index is -0.432. The molecule has 40 heavy (non-hydrogen) atoms. The Bertz CT molecular complexity index is 1100. The van der Waals surface area contributed by atoms with E-state index in [9.17, 15) is 0 Å². The van der Waals surface area contributed by atoms with Gasteiger partial charge in [-0.1, -0.05) is 106 Å². The van der Waals surface area contributed by atoms with Crippen molar-refractivity contribution in [1.82, 2.24) is 0 Å². The number of hydrogen-bond donors (Lipinski definition) is 0. The van der Waals surface area contributed by atoms with Crippen LogP contribution < -0.4 is 21.2 Å². The van der Waals surface area contributed by atoms with Crippen LogP contribution in [0.1, 0.15) is 82.4 Å². The fraction of sp³-hybridized carbons (Fsp3) is 0.389. The van der Waals surface area contributed by atoms with Gasteiger partial charge in [-0.2, -0.15) is 0 Å². The van der Waals surface area contributed by atoms with Crippen LogP contribution in [0.3, 0.4) is 0 Å². The van der Waals surface area contributed by atoms with Gasteiger partial charge in [-0.15, -0.1) is 33.3 Å². The molecule has 0 bridgehead atoms. The zero-order chi connectivity index (χ0) is 26.7. The van der Waals surface area contributed by atoms with Crippen LogP contribution >= 0.6 is 25.1 Å². The summed E-state index contributed by atoms with van der Waals surface area (Å²) in [5.41, 5.74) is 4.17. The molecule has 4 aromatic carbocycles. The number of hydrogen-bond acceptors (Lipinski definition) is 0. The first-order valence-electron chi connectivity index (χ1n) is 15.2. The SMILES string of the molecule is CC([c-]1c(PC2CCCCC2)ccc1PC1CCCCC1)P(c1ccccc1)c1ccccc1.[Fe].[cH-]1[cH-][cH-][cH-][cH-]1. The maximum absolute atomic E-state index is 2.56. The number of benzene rings is 2. The second-order valence-electron chi connectivity index (χ2n) is 11.2. The van der Waals surface area contributed by atoms with Crippen molar-refractivity contribution in [1.29, 1.82) is 0 Å². The average molecular weight is 627 g/mol. The predicted molar refractivity (Wildman–Crippen MR) is 181 cm³/mol. The fourth-order valence-electron chi connectivity index (χ4n) is 6.35. The Morgan fingerprint density at radius 3 is 1.35 bits per heavy atom. The number of rotatable bonds is 8. The molecule has 0 saturated heterocycles. The van der Waals surface area contributed by atoms with Crippen molar-refractivity contribution in [3.05, 3.63) is 109 Å². The smallest absolute Gasteiger partial charge is 0 e. The molecule has 6 rings (SSSR count). The van der Waals surface area contributed by atoms with Gasteiger partial charge in [-0.3, -0.25) is 0 Å². The Labute approximate surface area is 259 Å². The van der Waals surface area contributed by atoms with Crippen molar-refractivity contribution in [3.63, 3.8) is 0 Å². The van der Waals surface area contributed by atoms with Gasteiger partial charge in [0.25, 0.3) is 0 Å². The molecule has 0 spiro atoms. The van der Waals surface area contributed by atoms with Crippen molar-refractivity contribution in [2.24, 2.45) is 0 Å². The summed E-state index contributed by atoms with van der Waals surface area (Å²) < 4.78 is 0. The van der Waals surface area contributed by atoms with E-state index in [1.807, 2.05) is 30.3 Å². The second-order valence-corrected chi connectivity index (χ2v) is 17.0. The quantitative estimate of drug-likeness (QED) is 0.104. The van der Waals surface area contributed by atoms with Crippen LogP contribution in [0.25, 0.3) is 0 Å². The maximum atomic E-state index is 2.56. The first-order chi connectivity index (χ1) is 19.3. The summed E-state index contributed by atoms with van der Waals surface area (Å²) >= 11 is 0. The van der Waals surface area contributed by atoms with Crippen LogP contribution in [-0.4, -0.2) is 11.3 Å². The van der Waals surface area contributed by atoms with Gasteiger partial charge >= 0.3 is 0 Å². The van der Waals surface area contributed by atoms with E-state index in [4.69, 9.17) is 0 Å². The summed E-state index contributed by atoms with van der Waals surface area (Å²) in [6.45, 7) is 2.56. The van der Waals surface area contributed by atoms with Crippen molar-refractivity contribution < 1.29 is 17.1 Å². The van der Waals surface area contributed by atoms with Gasteiger partial charge in [0.15, 0.2) is 0 Å². The van der Waals surface area contributed by atoms with Crippen molar-refractivity contribution in [3.8, 4) is 0 Å². The van der Waals surface area contributed by atoms with Gasteiger partial charge in [0, 0.05) is 17.1 Å². The van der Waals surface area contributed by atoms with E-state index in [2.05, 4.69) is 79.7 Å². The van der Waals surface area contributed by atoms with Crippen molar-refractivity contribution in [2.75, 3.05) is 0 Å². The molecule has 0 aliphatic heterocycles. The average Bonchev–Trinajstić information content (AvgIpc) is 3.70. The molecule has 4 aromatic rings. The largest absolute Gasteiger partial charge is 0.748 e. The van der Waals surface area contributed by atoms with E-state index in [0.29, 0.717) is 5.66 Å². The van der Waals surface area contributed by atoms with Gasteiger partial charge < -0.3 is 30.3 Å². The molecule has 0 N–H and O–H groups in total. The standard InChI is InChI=1S/C31H40P3.C5H5.Fe/c1-24(34(27-18-10-4-11-19-27)28-20-12-5-13-21-28)31-29(32-25-14-6-2-7-15-25)22-23-30(31)33-26-16-8-3-9-17-26;1-2-4-5-3-1;/h4-5,10-13,18-26,32-33H,2-3,6-9,14-17H2,1H3;1-5H;/q-1;-5;. The Kier molecular flexibility index (Phi) is 13.7. The van der Waals surface area contributed by atoms with Crippen molar-refractivity contribution in [2.45, 2.75) is 88.1 Å². The minimum absolute atomic E-state index is 0. The predicted octanol–water partition coefficient (Wildman–Crippen LogP) is 9.28. The summed E-state index contributed by atoms with van der Waals surface area (Å²) in [6.07, 6.45) is 14.5. The molecule has 2 aliphatic carbocycles. The fourth-order valence-corrected chi connectivity index (χ4v) is 13.1. The van der Waals surface area contributed by atoms with E-state index in [0.717, 1.165) is 28.5 Å². The molecule has 0 aromatic heterocycles. The van der Waals surface area contributed by atoms with Crippen LogP contribution in [-0.2, 0) is 17.1 Å². The summed E-state index contributed by atoms with van der Waals surface area (Å²) in [5.74, 6) is 0. The topological polar surface area (TPSA) is 0 Å². The van der Waals surface area contributed by atoms with Gasteiger partial charge in [-0.25, -0.2) is 12.1 Å². The van der Waals surface area contributed by atoms with Crippen LogP contribution in [0.15, 0.2) is 103 Å². The maximum Gasteiger partial charge on any atom is 0 e. The molecular weight excluding hydrogens is 581 g/mol. The Balaban J connectivity index is 0.000000557. The first-order valence-corrected chi connectivity index (χ1v) is 18.7. The second kappa shape index (κ2) is 17.2. The van der Waals surface area contributed by atoms with Gasteiger partial charge in [-0.05, 0) is 61.2 Å². The molecule has 0 heterocycles. The zero-order valence-corrected chi connectivity index (χ0v) is 27.9. The molecule has 3 atom stereocenters. The molecule has 4 heteroatoms. The Morgan fingerprint density at radius 2 is 0.975 bits per heavy atom. The van der Waals surface area contributed by atoms with Crippen LogP contribution in [0, 0.1) is 0 Å². The molecule has 2 fully saturated rings. The third kappa shape index (κ3) is 8.97. The third-order valence-corrected chi connectivity index (χ3v) is 14.6. The molecule has 0 radical (unpaired) electrons. The van der Waals surface area contributed by atoms with Crippen molar-refractivity contribution >= 4 is 46.3 Å². The zero-order valence-electron chi connectivity index (χ0n) is 23.9. The van der Waals surface area contributed by atoms with Crippen LogP contribution in [0.5, 0.6) is 0 Å². The Morgan fingerprint density at radius 1 is 0.600 bits per heavy atom. The first kappa shape index (κ1) is 31.9. The molecule has 3 unspecified atom stereocenters. The normalized spacial score (nSPS) is 17.6. The molecule has 0 nitrogen and oxygen atoms in total. The summed E-state index contributed by atoms with van der Waals surface area (Å²) in [6, 6.07) is 37.9. The molecule has 0 amide bonds. The molecule has 2 saturated carbocycles.